The summed E-state index contributed by atoms with van der Waals surface area (Å²) in [6, 6.07) is 1.43. The second-order valence-corrected chi connectivity index (χ2v) is 4.59. The van der Waals surface area contributed by atoms with Crippen molar-refractivity contribution in [1.82, 2.24) is 5.32 Å². The highest BCUT2D eigenvalue weighted by Gasteiger charge is 2.23. The number of non-ortho nitro benzene ring substituents is 1. The zero-order valence-corrected chi connectivity index (χ0v) is 10.9. The average molecular weight is 287 g/mol. The number of nitrogens with one attached hydrogen (secondary N) is 1. The van der Waals surface area contributed by atoms with E-state index in [0.29, 0.717) is 19.7 Å². The first-order chi connectivity index (χ1) is 9.49. The van der Waals surface area contributed by atoms with Gasteiger partial charge in [-0.15, -0.1) is 0 Å². The molecule has 1 fully saturated rings. The Morgan fingerprint density at radius 2 is 2.15 bits per heavy atom. The normalized spacial score (nSPS) is 18.9. The molecule has 1 aromatic rings. The Labute approximate surface area is 114 Å². The second kappa shape index (κ2) is 6.10. The molecule has 1 saturated heterocycles. The second-order valence-electron chi connectivity index (χ2n) is 4.59. The minimum Gasteiger partial charge on any atom is -0.374 e. The lowest BCUT2D eigenvalue weighted by Gasteiger charge is -2.29. The predicted molar refractivity (Wildman–Crippen MR) is 68.9 cm³/mol. The fourth-order valence-electron chi connectivity index (χ4n) is 2.16. The monoisotopic (exact) mass is 287 g/mol. The Morgan fingerprint density at radius 3 is 2.65 bits per heavy atom. The van der Waals surface area contributed by atoms with Gasteiger partial charge in [-0.2, -0.15) is 0 Å². The van der Waals surface area contributed by atoms with Gasteiger partial charge in [0.25, 0.3) is 5.69 Å². The van der Waals surface area contributed by atoms with Crippen molar-refractivity contribution in [2.24, 2.45) is 0 Å². The summed E-state index contributed by atoms with van der Waals surface area (Å²) >= 11 is 0. The highest BCUT2D eigenvalue weighted by Crippen LogP contribution is 2.27. The Kier molecular flexibility index (Phi) is 4.46. The third-order valence-electron chi connectivity index (χ3n) is 3.08. The van der Waals surface area contributed by atoms with Crippen molar-refractivity contribution >= 4 is 11.4 Å². The van der Waals surface area contributed by atoms with Crippen LogP contribution in [0.5, 0.6) is 0 Å². The van der Waals surface area contributed by atoms with Gasteiger partial charge >= 0.3 is 0 Å². The molecule has 0 bridgehead atoms. The van der Waals surface area contributed by atoms with E-state index in [9.17, 15) is 18.9 Å². The lowest BCUT2D eigenvalue weighted by atomic mass is 10.2. The van der Waals surface area contributed by atoms with E-state index in [1.807, 2.05) is 0 Å². The van der Waals surface area contributed by atoms with Crippen LogP contribution in [0.1, 0.15) is 0 Å². The Morgan fingerprint density at radius 1 is 1.50 bits per heavy atom. The number of halogens is 2. The molecule has 0 aliphatic carbocycles. The van der Waals surface area contributed by atoms with Crippen molar-refractivity contribution in [3.8, 4) is 0 Å². The molecule has 8 heteroatoms. The molecule has 0 saturated carbocycles. The first-order valence-electron chi connectivity index (χ1n) is 6.16. The first-order valence-corrected chi connectivity index (χ1v) is 6.16. The van der Waals surface area contributed by atoms with E-state index in [2.05, 4.69) is 5.32 Å². The standard InChI is InChI=1S/C12H15F2N3O3/c1-16(7-9-6-15-2-3-20-9)12-10(13)4-8(17(18)19)5-11(12)14/h4-5,9,15H,2-3,6-7H2,1H3. The van der Waals surface area contributed by atoms with E-state index in [-0.39, 0.29) is 11.8 Å². The van der Waals surface area contributed by atoms with Gasteiger partial charge in [-0.3, -0.25) is 10.1 Å². The molecule has 1 atom stereocenters. The molecule has 1 heterocycles. The molecule has 110 valence electrons. The van der Waals surface area contributed by atoms with Gasteiger partial charge in [0.15, 0.2) is 11.6 Å². The van der Waals surface area contributed by atoms with Gasteiger partial charge in [-0.25, -0.2) is 8.78 Å². The number of nitrogens with zero attached hydrogens (tertiary/aromatic N) is 2. The SMILES string of the molecule is CN(CC1CNCCO1)c1c(F)cc([N+](=O)[O-])cc1F. The summed E-state index contributed by atoms with van der Waals surface area (Å²) in [7, 11) is 1.52. The van der Waals surface area contributed by atoms with Crippen LogP contribution in [0.4, 0.5) is 20.2 Å². The van der Waals surface area contributed by atoms with Crippen molar-refractivity contribution in [1.29, 1.82) is 0 Å². The Hall–Kier alpha value is -1.80. The number of nitro benzene ring substituents is 1. The summed E-state index contributed by atoms with van der Waals surface area (Å²) in [4.78, 5) is 11.1. The number of morpholine rings is 1. The van der Waals surface area contributed by atoms with Crippen LogP contribution < -0.4 is 10.2 Å². The molecule has 1 N–H and O–H groups in total. The summed E-state index contributed by atoms with van der Waals surface area (Å²) in [5, 5.41) is 13.7. The highest BCUT2D eigenvalue weighted by atomic mass is 19.1. The van der Waals surface area contributed by atoms with Crippen LogP contribution in [0, 0.1) is 21.7 Å². The first kappa shape index (κ1) is 14.6. The predicted octanol–water partition coefficient (Wildman–Crippen LogP) is 1.30. The fraction of sp³-hybridized carbons (Fsp3) is 0.500. The Bertz CT molecular complexity index is 484. The summed E-state index contributed by atoms with van der Waals surface area (Å²) in [5.41, 5.74) is -0.891. The topological polar surface area (TPSA) is 67.6 Å². The number of hydrogen-bond acceptors (Lipinski definition) is 5. The number of nitro groups is 1. The molecule has 6 nitrogen and oxygen atoms in total. The van der Waals surface area contributed by atoms with E-state index >= 15 is 0 Å². The maximum Gasteiger partial charge on any atom is 0.275 e. The van der Waals surface area contributed by atoms with Crippen LogP contribution in [-0.4, -0.2) is 44.3 Å². The quantitative estimate of drug-likeness (QED) is 0.668. The number of ether oxygens (including phenoxy) is 1. The minimum atomic E-state index is -0.956. The van der Waals surface area contributed by atoms with Gasteiger partial charge in [0.2, 0.25) is 0 Å². The van der Waals surface area contributed by atoms with Crippen LogP contribution in [0.3, 0.4) is 0 Å². The number of rotatable bonds is 4. The number of anilines is 1. The number of hydrogen-bond donors (Lipinski definition) is 1. The van der Waals surface area contributed by atoms with E-state index in [4.69, 9.17) is 4.74 Å². The molecule has 1 aliphatic heterocycles. The maximum absolute atomic E-state index is 13.8. The fourth-order valence-corrected chi connectivity index (χ4v) is 2.16. The molecule has 1 aromatic carbocycles. The third-order valence-corrected chi connectivity index (χ3v) is 3.08. The van der Waals surface area contributed by atoms with Gasteiger partial charge in [0.1, 0.15) is 5.69 Å². The highest BCUT2D eigenvalue weighted by molar-refractivity contribution is 5.53. The summed E-state index contributed by atoms with van der Waals surface area (Å²) < 4.78 is 33.1. The lowest BCUT2D eigenvalue weighted by Crippen LogP contribution is -2.44. The molecule has 0 aromatic heterocycles. The molecule has 2 rings (SSSR count). The third kappa shape index (κ3) is 3.20. The molecular weight excluding hydrogens is 272 g/mol. The van der Waals surface area contributed by atoms with Crippen LogP contribution in [0.25, 0.3) is 0 Å². The van der Waals surface area contributed by atoms with Gasteiger partial charge in [-0.1, -0.05) is 0 Å². The summed E-state index contributed by atoms with van der Waals surface area (Å²) in [6.07, 6.45) is -0.178. The van der Waals surface area contributed by atoms with Crippen molar-refractivity contribution in [2.75, 3.05) is 38.2 Å². The van der Waals surface area contributed by atoms with Crippen LogP contribution in [0.2, 0.25) is 0 Å². The summed E-state index contributed by atoms with van der Waals surface area (Å²) in [6.45, 7) is 2.18. The van der Waals surface area contributed by atoms with Crippen molar-refractivity contribution in [2.45, 2.75) is 6.10 Å². The van der Waals surface area contributed by atoms with Crippen molar-refractivity contribution < 1.29 is 18.4 Å². The van der Waals surface area contributed by atoms with Crippen molar-refractivity contribution in [3.63, 3.8) is 0 Å². The smallest absolute Gasteiger partial charge is 0.275 e. The van der Waals surface area contributed by atoms with Gasteiger partial charge in [0.05, 0.1) is 29.8 Å². The van der Waals surface area contributed by atoms with Gasteiger partial charge in [-0.05, 0) is 0 Å². The molecule has 1 aliphatic rings. The molecule has 1 unspecified atom stereocenters. The lowest BCUT2D eigenvalue weighted by molar-refractivity contribution is -0.385. The zero-order chi connectivity index (χ0) is 14.7. The summed E-state index contributed by atoms with van der Waals surface area (Å²) in [5.74, 6) is -1.91. The number of benzene rings is 1. The van der Waals surface area contributed by atoms with Gasteiger partial charge in [0, 0.05) is 26.7 Å². The van der Waals surface area contributed by atoms with Crippen molar-refractivity contribution in [3.05, 3.63) is 33.9 Å². The van der Waals surface area contributed by atoms with Crippen LogP contribution in [0.15, 0.2) is 12.1 Å². The molecule has 20 heavy (non-hydrogen) atoms. The number of likely N-dealkylation sites (N-methyl/N-ethyl adjacent to an activating group) is 1. The van der Waals surface area contributed by atoms with E-state index in [0.717, 1.165) is 18.7 Å². The zero-order valence-electron chi connectivity index (χ0n) is 10.9. The molecule has 0 spiro atoms. The van der Waals surface area contributed by atoms with E-state index in [1.165, 1.54) is 11.9 Å². The van der Waals surface area contributed by atoms with E-state index < -0.39 is 22.2 Å². The minimum absolute atomic E-state index is 0.178. The van der Waals surface area contributed by atoms with Crippen LogP contribution in [-0.2, 0) is 4.74 Å². The molecular formula is C12H15F2N3O3. The Balaban J connectivity index is 2.16. The largest absolute Gasteiger partial charge is 0.374 e. The average Bonchev–Trinajstić information content (AvgIpc) is 2.38. The van der Waals surface area contributed by atoms with Crippen LogP contribution >= 0.6 is 0 Å². The van der Waals surface area contributed by atoms with E-state index in [1.54, 1.807) is 0 Å². The maximum atomic E-state index is 13.8. The molecule has 0 radical (unpaired) electrons. The molecule has 0 amide bonds. The van der Waals surface area contributed by atoms with Gasteiger partial charge < -0.3 is 15.0 Å².